The maximum atomic E-state index is 12.1. The molecule has 1 aliphatic heterocycles. The summed E-state index contributed by atoms with van der Waals surface area (Å²) >= 11 is 0. The van der Waals surface area contributed by atoms with Gasteiger partial charge in [0.15, 0.2) is 0 Å². The summed E-state index contributed by atoms with van der Waals surface area (Å²) in [6.45, 7) is 0. The molecule has 0 aromatic heterocycles. The molecule has 0 spiro atoms. The molecule has 0 fully saturated rings. The Morgan fingerprint density at radius 2 is 1.69 bits per heavy atom. The molecule has 7 heteroatoms. The Labute approximate surface area is 184 Å². The number of aromatic carboxylic acids is 2. The van der Waals surface area contributed by atoms with Crippen molar-refractivity contribution in [1.82, 2.24) is 4.58 Å². The van der Waals surface area contributed by atoms with Crippen LogP contribution in [0.5, 0.6) is 0 Å². The predicted octanol–water partition coefficient (Wildman–Crippen LogP) is 2.36. The summed E-state index contributed by atoms with van der Waals surface area (Å²) in [7, 11) is 7.70. The third kappa shape index (κ3) is 3.58. The van der Waals surface area contributed by atoms with E-state index in [0.717, 1.165) is 28.1 Å². The minimum atomic E-state index is -1.43. The standard InChI is InChI=1S/C25H22N2O5/c1-26(2)15-6-9-18-21(12-15)32-22-13-16(27(3)4)7-10-19(22)23(18)17-8-5-14(24(28)29)11-20(17)25(30)31/h5-13H,1-4H3,(H-,28,29,30,31). The molecule has 0 bridgehead atoms. The highest BCUT2D eigenvalue weighted by atomic mass is 16.4. The number of carbonyl (C=O) groups excluding carboxylic acids is 1. The Balaban J connectivity index is 2.17. The Bertz CT molecular complexity index is 1430. The summed E-state index contributed by atoms with van der Waals surface area (Å²) in [6.07, 6.45) is 0. The Morgan fingerprint density at radius 3 is 2.31 bits per heavy atom. The van der Waals surface area contributed by atoms with E-state index >= 15 is 0 Å². The molecule has 162 valence electrons. The normalized spacial score (nSPS) is 11.0. The molecule has 0 radical (unpaired) electrons. The van der Waals surface area contributed by atoms with Crippen molar-refractivity contribution in [2.24, 2.45) is 0 Å². The van der Waals surface area contributed by atoms with Crippen LogP contribution >= 0.6 is 0 Å². The second kappa shape index (κ2) is 7.85. The maximum absolute atomic E-state index is 12.1. The van der Waals surface area contributed by atoms with Crippen molar-refractivity contribution in [3.63, 3.8) is 0 Å². The molecule has 32 heavy (non-hydrogen) atoms. The molecule has 1 N–H and O–H groups in total. The van der Waals surface area contributed by atoms with Crippen molar-refractivity contribution in [3.8, 4) is 22.5 Å². The van der Waals surface area contributed by atoms with E-state index < -0.39 is 11.9 Å². The van der Waals surface area contributed by atoms with E-state index in [1.165, 1.54) is 12.1 Å². The smallest absolute Gasteiger partial charge is 0.336 e. The lowest BCUT2D eigenvalue weighted by molar-refractivity contribution is -0.255. The number of hydrogen-bond donors (Lipinski definition) is 1. The zero-order valence-corrected chi connectivity index (χ0v) is 18.2. The van der Waals surface area contributed by atoms with Gasteiger partial charge in [0.25, 0.3) is 0 Å². The van der Waals surface area contributed by atoms with Crippen LogP contribution in [0.4, 0.5) is 5.69 Å². The second-order valence-corrected chi connectivity index (χ2v) is 7.98. The van der Waals surface area contributed by atoms with Gasteiger partial charge in [-0.05, 0) is 35.4 Å². The van der Waals surface area contributed by atoms with Gasteiger partial charge in [0.2, 0.25) is 5.36 Å². The van der Waals surface area contributed by atoms with Crippen LogP contribution in [-0.4, -0.2) is 45.2 Å². The van der Waals surface area contributed by atoms with Crippen LogP contribution in [0, 0.1) is 0 Å². The highest BCUT2D eigenvalue weighted by Gasteiger charge is 2.22. The maximum Gasteiger partial charge on any atom is 0.336 e. The van der Waals surface area contributed by atoms with E-state index in [2.05, 4.69) is 0 Å². The fraction of sp³-hybridized carbons (Fsp3) is 0.160. The molecule has 4 rings (SSSR count). The Hall–Kier alpha value is -4.13. The van der Waals surface area contributed by atoms with Crippen LogP contribution in [-0.2, 0) is 0 Å². The fourth-order valence-corrected chi connectivity index (χ4v) is 3.78. The van der Waals surface area contributed by atoms with Gasteiger partial charge in [0, 0.05) is 48.4 Å². The number of carboxylic acids is 2. The predicted molar refractivity (Wildman–Crippen MR) is 121 cm³/mol. The number of fused-ring (bicyclic) bond motifs is 2. The quantitative estimate of drug-likeness (QED) is 0.394. The molecule has 2 aromatic carbocycles. The van der Waals surface area contributed by atoms with Gasteiger partial charge in [-0.15, -0.1) is 0 Å². The summed E-state index contributed by atoms with van der Waals surface area (Å²) in [4.78, 5) is 25.4. The minimum absolute atomic E-state index is 0.117. The molecule has 2 aromatic rings. The summed E-state index contributed by atoms with van der Waals surface area (Å²) in [5, 5.41) is 22.8. The van der Waals surface area contributed by atoms with Crippen LogP contribution in [0.2, 0.25) is 0 Å². The largest absolute Gasteiger partial charge is 0.545 e. The van der Waals surface area contributed by atoms with Crippen LogP contribution < -0.4 is 19.9 Å². The van der Waals surface area contributed by atoms with E-state index in [4.69, 9.17) is 4.42 Å². The molecule has 0 saturated carbocycles. The number of nitrogens with zero attached hydrogens (tertiary/aromatic N) is 2. The van der Waals surface area contributed by atoms with Gasteiger partial charge in [-0.3, -0.25) is 0 Å². The van der Waals surface area contributed by atoms with Gasteiger partial charge in [-0.1, -0.05) is 12.1 Å². The average Bonchev–Trinajstić information content (AvgIpc) is 2.75. The van der Waals surface area contributed by atoms with E-state index in [1.807, 2.05) is 74.1 Å². The minimum Gasteiger partial charge on any atom is -0.545 e. The molecular formula is C25H22N2O5. The van der Waals surface area contributed by atoms with Crippen LogP contribution in [0.25, 0.3) is 33.4 Å². The lowest BCUT2D eigenvalue weighted by atomic mass is 9.89. The number of benzene rings is 3. The van der Waals surface area contributed by atoms with Gasteiger partial charge in [-0.25, -0.2) is 9.37 Å². The molecule has 1 heterocycles. The molecule has 0 atom stereocenters. The van der Waals surface area contributed by atoms with Crippen LogP contribution in [0.1, 0.15) is 20.7 Å². The van der Waals surface area contributed by atoms with Gasteiger partial charge in [-0.2, -0.15) is 0 Å². The second-order valence-electron chi connectivity index (χ2n) is 7.98. The number of anilines is 1. The van der Waals surface area contributed by atoms with Gasteiger partial charge in [0.1, 0.15) is 25.4 Å². The third-order valence-electron chi connectivity index (χ3n) is 5.48. The zero-order chi connectivity index (χ0) is 23.2. The number of carboxylic acid groups (broad SMARTS) is 2. The number of rotatable bonds is 4. The Kier molecular flexibility index (Phi) is 5.18. The molecule has 1 aliphatic carbocycles. The van der Waals surface area contributed by atoms with Crippen molar-refractivity contribution < 1.29 is 24.2 Å². The first-order valence-electron chi connectivity index (χ1n) is 9.94. The van der Waals surface area contributed by atoms with Crippen molar-refractivity contribution >= 4 is 28.6 Å². The SMILES string of the molecule is CN(C)c1ccc2c(-c3ccc(C(=O)[O-])cc3C(=O)O)c3ccc(=[N+](C)C)cc-3oc2c1. The topological polar surface area (TPSA) is 96.8 Å². The van der Waals surface area contributed by atoms with E-state index in [-0.39, 0.29) is 11.1 Å². The first-order chi connectivity index (χ1) is 15.2. The first kappa shape index (κ1) is 21.1. The van der Waals surface area contributed by atoms with E-state index in [1.54, 1.807) is 0 Å². The van der Waals surface area contributed by atoms with Gasteiger partial charge < -0.3 is 24.3 Å². The lowest BCUT2D eigenvalue weighted by Crippen LogP contribution is -2.22. The van der Waals surface area contributed by atoms with Gasteiger partial charge in [0.05, 0.1) is 17.6 Å². The molecule has 0 unspecified atom stereocenters. The average molecular weight is 430 g/mol. The summed E-state index contributed by atoms with van der Waals surface area (Å²) in [5.74, 6) is -2.06. The van der Waals surface area contributed by atoms with Gasteiger partial charge >= 0.3 is 5.97 Å². The van der Waals surface area contributed by atoms with E-state index in [9.17, 15) is 19.8 Å². The highest BCUT2D eigenvalue weighted by Crippen LogP contribution is 2.42. The summed E-state index contributed by atoms with van der Waals surface area (Å²) in [6, 6.07) is 15.4. The summed E-state index contributed by atoms with van der Waals surface area (Å²) in [5.41, 5.74) is 3.02. The fourth-order valence-electron chi connectivity index (χ4n) is 3.78. The number of carbonyl (C=O) groups is 2. The monoisotopic (exact) mass is 430 g/mol. The highest BCUT2D eigenvalue weighted by molar-refractivity contribution is 6.08. The van der Waals surface area contributed by atoms with E-state index in [0.29, 0.717) is 22.5 Å². The van der Waals surface area contributed by atoms with Crippen LogP contribution in [0.15, 0.2) is 59.0 Å². The third-order valence-corrected chi connectivity index (χ3v) is 5.48. The Morgan fingerprint density at radius 1 is 0.969 bits per heavy atom. The van der Waals surface area contributed by atoms with Crippen molar-refractivity contribution in [2.45, 2.75) is 0 Å². The summed E-state index contributed by atoms with van der Waals surface area (Å²) < 4.78 is 8.20. The number of hydrogen-bond acceptors (Lipinski definition) is 5. The molecule has 7 nitrogen and oxygen atoms in total. The van der Waals surface area contributed by atoms with Crippen molar-refractivity contribution in [3.05, 3.63) is 71.1 Å². The lowest BCUT2D eigenvalue weighted by Gasteiger charge is -2.19. The van der Waals surface area contributed by atoms with Crippen LogP contribution in [0.3, 0.4) is 0 Å². The molecule has 0 saturated heterocycles. The molecular weight excluding hydrogens is 408 g/mol. The molecule has 2 aliphatic rings. The zero-order valence-electron chi connectivity index (χ0n) is 18.2. The van der Waals surface area contributed by atoms with Crippen molar-refractivity contribution in [2.75, 3.05) is 33.1 Å². The van der Waals surface area contributed by atoms with Crippen molar-refractivity contribution in [1.29, 1.82) is 0 Å². The first-order valence-corrected chi connectivity index (χ1v) is 9.94. The molecule has 0 amide bonds.